The molecule has 13 nitrogen and oxygen atoms in total. The number of rotatable bonds is 9. The van der Waals surface area contributed by atoms with Gasteiger partial charge in [0, 0.05) is 12.0 Å². The molecule has 53 heavy (non-hydrogen) atoms. The summed E-state index contributed by atoms with van der Waals surface area (Å²) in [5, 5.41) is 22.7. The number of fused-ring (bicyclic) bond motifs is 7. The third-order valence-electron chi connectivity index (χ3n) is 15.5. The molecule has 3 N–H and O–H groups in total. The average molecular weight is 741 g/mol. The van der Waals surface area contributed by atoms with Crippen molar-refractivity contribution in [2.45, 2.75) is 125 Å². The highest BCUT2D eigenvalue weighted by atomic mass is 16.7. The SMILES string of the molecule is COC(=O)CC(=O)N[C@H]1CC[C@@]2(C)C(CC[C@]3(C)[C@@H]2C(=O)C=C2[C@@H]4C[C@@](C)(C(=O)O)CC[C@]4(C)CC[C@]23C)[C@]1(C)C(=N)OCOCc1oc(=O)oc1C. The molecule has 0 bridgehead atoms. The lowest BCUT2D eigenvalue weighted by Crippen LogP contribution is -2.69. The number of nitrogens with one attached hydrogen (secondary N) is 2. The third kappa shape index (κ3) is 5.99. The number of methoxy groups -OCH3 is 1. The Morgan fingerprint density at radius 2 is 1.68 bits per heavy atom. The largest absolute Gasteiger partial charge is 0.519 e. The summed E-state index contributed by atoms with van der Waals surface area (Å²) in [6.07, 6.45) is 7.63. The fraction of sp³-hybridized carbons (Fsp3) is 0.750. The van der Waals surface area contributed by atoms with Gasteiger partial charge in [0.1, 0.15) is 18.8 Å². The molecule has 6 rings (SSSR count). The van der Waals surface area contributed by atoms with Gasteiger partial charge in [0.2, 0.25) is 5.91 Å². The highest BCUT2D eigenvalue weighted by Gasteiger charge is 2.71. The molecule has 0 radical (unpaired) electrons. The molecule has 1 aromatic heterocycles. The number of aryl methyl sites for hydroxylation is 1. The zero-order valence-electron chi connectivity index (χ0n) is 32.4. The molecule has 0 aliphatic heterocycles. The van der Waals surface area contributed by atoms with Crippen LogP contribution in [-0.4, -0.2) is 54.6 Å². The second-order valence-corrected chi connectivity index (χ2v) is 18.1. The number of ketones is 1. The summed E-state index contributed by atoms with van der Waals surface area (Å²) < 4.78 is 26.3. The highest BCUT2D eigenvalue weighted by Crippen LogP contribution is 2.75. The van der Waals surface area contributed by atoms with Crippen molar-refractivity contribution in [3.8, 4) is 0 Å². The molecular formula is C40H56N2O11. The van der Waals surface area contributed by atoms with E-state index in [0.29, 0.717) is 38.5 Å². The lowest BCUT2D eigenvalue weighted by Gasteiger charge is -2.70. The Hall–Kier alpha value is -3.74. The smallest absolute Gasteiger partial charge is 0.481 e. The monoisotopic (exact) mass is 740 g/mol. The molecule has 0 spiro atoms. The predicted molar refractivity (Wildman–Crippen MR) is 190 cm³/mol. The molecule has 292 valence electrons. The second kappa shape index (κ2) is 13.2. The fourth-order valence-electron chi connectivity index (χ4n) is 12.0. The number of carboxylic acid groups (broad SMARTS) is 1. The second-order valence-electron chi connectivity index (χ2n) is 18.1. The van der Waals surface area contributed by atoms with Crippen molar-refractivity contribution >= 4 is 29.5 Å². The van der Waals surface area contributed by atoms with E-state index in [-0.39, 0.29) is 65.2 Å². The van der Waals surface area contributed by atoms with Gasteiger partial charge in [-0.05, 0) is 118 Å². The van der Waals surface area contributed by atoms with Gasteiger partial charge in [-0.1, -0.05) is 33.3 Å². The number of ether oxygens (including phenoxy) is 3. The quantitative estimate of drug-likeness (QED) is 0.0661. The van der Waals surface area contributed by atoms with E-state index in [1.165, 1.54) is 7.11 Å². The average Bonchev–Trinajstić information content (AvgIpc) is 3.41. The van der Waals surface area contributed by atoms with Gasteiger partial charge < -0.3 is 33.5 Å². The van der Waals surface area contributed by atoms with Crippen molar-refractivity contribution < 1.29 is 47.3 Å². The molecule has 1 heterocycles. The Kier molecular flexibility index (Phi) is 9.73. The van der Waals surface area contributed by atoms with Crippen LogP contribution in [0.2, 0.25) is 0 Å². The first kappa shape index (κ1) is 39.0. The maximum atomic E-state index is 14.9. The minimum atomic E-state index is -1.09. The molecule has 1 aromatic rings. The van der Waals surface area contributed by atoms with Gasteiger partial charge in [-0.25, -0.2) is 4.79 Å². The predicted octanol–water partition coefficient (Wildman–Crippen LogP) is 6.10. The van der Waals surface area contributed by atoms with Crippen molar-refractivity contribution in [2.75, 3.05) is 13.9 Å². The van der Waals surface area contributed by atoms with E-state index in [4.69, 9.17) is 23.0 Å². The van der Waals surface area contributed by atoms with Crippen molar-refractivity contribution in [2.24, 2.45) is 50.2 Å². The summed E-state index contributed by atoms with van der Waals surface area (Å²) in [6.45, 7) is 13.9. The summed E-state index contributed by atoms with van der Waals surface area (Å²) in [5.74, 6) is -3.04. The topological polar surface area (TPSA) is 195 Å². The van der Waals surface area contributed by atoms with Crippen LogP contribution in [0.25, 0.3) is 0 Å². The van der Waals surface area contributed by atoms with Gasteiger partial charge in [0.05, 0.1) is 17.9 Å². The Labute approximate surface area is 310 Å². The molecule has 10 atom stereocenters. The van der Waals surface area contributed by atoms with E-state index in [1.54, 1.807) is 6.92 Å². The van der Waals surface area contributed by atoms with Gasteiger partial charge >= 0.3 is 17.8 Å². The van der Waals surface area contributed by atoms with Crippen LogP contribution in [-0.2, 0) is 40.0 Å². The lowest BCUT2D eigenvalue weighted by atomic mass is 9.33. The first-order valence-corrected chi connectivity index (χ1v) is 18.9. The Morgan fingerprint density at radius 3 is 2.32 bits per heavy atom. The van der Waals surface area contributed by atoms with Crippen molar-refractivity contribution in [3.05, 3.63) is 33.8 Å². The summed E-state index contributed by atoms with van der Waals surface area (Å²) in [6, 6.07) is -0.588. The number of aliphatic carboxylic acids is 1. The Balaban J connectivity index is 1.33. The molecular weight excluding hydrogens is 684 g/mol. The molecule has 1 unspecified atom stereocenters. The van der Waals surface area contributed by atoms with Crippen LogP contribution in [0, 0.1) is 62.6 Å². The number of carboxylic acids is 1. The number of esters is 1. The number of carbonyl (C=O) groups excluding carboxylic acids is 3. The summed E-state index contributed by atoms with van der Waals surface area (Å²) in [4.78, 5) is 64.0. The number of carbonyl (C=O) groups is 4. The summed E-state index contributed by atoms with van der Waals surface area (Å²) in [7, 11) is 1.22. The number of allylic oxidation sites excluding steroid dienone is 2. The van der Waals surface area contributed by atoms with Crippen LogP contribution in [0.1, 0.15) is 117 Å². The molecule has 0 saturated heterocycles. The first-order valence-electron chi connectivity index (χ1n) is 18.9. The van der Waals surface area contributed by atoms with Crippen molar-refractivity contribution in [3.63, 3.8) is 0 Å². The number of hydrogen-bond donors (Lipinski definition) is 3. The van der Waals surface area contributed by atoms with Crippen LogP contribution in [0.15, 0.2) is 25.3 Å². The molecule has 0 aromatic carbocycles. The molecule has 5 aliphatic rings. The Morgan fingerprint density at radius 1 is 0.981 bits per heavy atom. The lowest BCUT2D eigenvalue weighted by molar-refractivity contribution is -0.186. The van der Waals surface area contributed by atoms with Gasteiger partial charge in [0.15, 0.2) is 24.2 Å². The number of amides is 1. The molecule has 13 heteroatoms. The third-order valence-corrected chi connectivity index (χ3v) is 15.5. The van der Waals surface area contributed by atoms with Crippen LogP contribution in [0.4, 0.5) is 0 Å². The van der Waals surface area contributed by atoms with Crippen LogP contribution in [0.3, 0.4) is 0 Å². The van der Waals surface area contributed by atoms with E-state index < -0.39 is 57.8 Å². The highest BCUT2D eigenvalue weighted by molar-refractivity contribution is 5.96. The van der Waals surface area contributed by atoms with Gasteiger partial charge in [-0.3, -0.25) is 24.6 Å². The number of hydrogen-bond acceptors (Lipinski definition) is 11. The zero-order valence-corrected chi connectivity index (χ0v) is 32.4. The maximum absolute atomic E-state index is 14.9. The van der Waals surface area contributed by atoms with E-state index >= 15 is 0 Å². The standard InChI is InChI=1S/C40H56N2O11/c1-22-26(53-34(48)52-22)20-50-21-51-32(41)40(7)27-9-12-39(6)31(37(27,4)11-10-28(40)42-29(44)18-30(45)49-8)25(43)17-23-24-19-36(3,33(46)47)14-13-35(24,2)15-16-38(23,39)5/h17,24,27-28,31,41H,9-16,18-21H2,1-8H3,(H,42,44)(H,46,47)/t24-,27?,28-,31+,35+,36-,37-,38+,39+,40-/m0/s1. The first-order chi connectivity index (χ1) is 24.7. The molecule has 4 fully saturated rings. The minimum absolute atomic E-state index is 0.00479. The van der Waals surface area contributed by atoms with Crippen molar-refractivity contribution in [1.29, 1.82) is 5.41 Å². The Bertz CT molecular complexity index is 1800. The van der Waals surface area contributed by atoms with Gasteiger partial charge in [-0.15, -0.1) is 0 Å². The van der Waals surface area contributed by atoms with E-state index in [2.05, 4.69) is 33.0 Å². The van der Waals surface area contributed by atoms with E-state index in [9.17, 15) is 34.5 Å². The maximum Gasteiger partial charge on any atom is 0.519 e. The van der Waals surface area contributed by atoms with Crippen molar-refractivity contribution in [1.82, 2.24) is 5.32 Å². The minimum Gasteiger partial charge on any atom is -0.481 e. The van der Waals surface area contributed by atoms with Crippen LogP contribution < -0.4 is 11.1 Å². The molecule has 1 amide bonds. The van der Waals surface area contributed by atoms with E-state index in [0.717, 1.165) is 24.8 Å². The van der Waals surface area contributed by atoms with E-state index in [1.807, 2.05) is 19.9 Å². The van der Waals surface area contributed by atoms with Crippen LogP contribution in [0.5, 0.6) is 0 Å². The summed E-state index contributed by atoms with van der Waals surface area (Å²) >= 11 is 0. The molecule has 4 saturated carbocycles. The van der Waals surface area contributed by atoms with Gasteiger partial charge in [0.25, 0.3) is 0 Å². The van der Waals surface area contributed by atoms with Crippen LogP contribution >= 0.6 is 0 Å². The summed E-state index contributed by atoms with van der Waals surface area (Å²) in [5.41, 5.74) is -2.25. The van der Waals surface area contributed by atoms with Gasteiger partial charge in [-0.2, -0.15) is 0 Å². The zero-order chi connectivity index (χ0) is 38.9. The fourth-order valence-corrected chi connectivity index (χ4v) is 12.0. The molecule has 5 aliphatic carbocycles. The normalized spacial score (nSPS) is 40.4.